The maximum Gasteiger partial charge on any atom is 0.309 e. The Morgan fingerprint density at radius 3 is 2.08 bits per heavy atom. The molecule has 9 nitrogen and oxygen atoms in total. The highest BCUT2D eigenvalue weighted by atomic mass is 32.1. The van der Waals surface area contributed by atoms with E-state index in [-0.39, 0.29) is 18.8 Å². The van der Waals surface area contributed by atoms with Crippen LogP contribution in [-0.4, -0.2) is 88.0 Å². The molecule has 0 aliphatic rings. The lowest BCUT2D eigenvalue weighted by Crippen LogP contribution is -2.49. The van der Waals surface area contributed by atoms with Gasteiger partial charge >= 0.3 is 5.97 Å². The zero-order chi connectivity index (χ0) is 20.4. The van der Waals surface area contributed by atoms with Crippen LogP contribution in [-0.2, 0) is 9.59 Å². The van der Waals surface area contributed by atoms with Crippen molar-refractivity contribution in [1.82, 2.24) is 10.0 Å². The molecular weight excluding hydrogens is 360 g/mol. The van der Waals surface area contributed by atoms with Gasteiger partial charge in [0.25, 0.3) is 0 Å². The number of rotatable bonds is 14. The SMILES string of the molecule is CC(O)[C@@H](N)CN(C)N(C)C[C@@H](CC(N)=O)CC(=S)C[C@H](CO)C(=O)O. The Kier molecular flexibility index (Phi) is 11.7. The highest BCUT2D eigenvalue weighted by Gasteiger charge is 2.23. The van der Waals surface area contributed by atoms with Crippen LogP contribution in [0.4, 0.5) is 0 Å². The minimum Gasteiger partial charge on any atom is -0.481 e. The monoisotopic (exact) mass is 392 g/mol. The summed E-state index contributed by atoms with van der Waals surface area (Å²) in [5.41, 5.74) is 11.2. The quantitative estimate of drug-likeness (QED) is 0.181. The van der Waals surface area contributed by atoms with Gasteiger partial charge in [-0.2, -0.15) is 0 Å². The fourth-order valence-electron chi connectivity index (χ4n) is 2.51. The van der Waals surface area contributed by atoms with Gasteiger partial charge in [0.15, 0.2) is 0 Å². The molecule has 0 aromatic rings. The molecule has 7 N–H and O–H groups in total. The van der Waals surface area contributed by atoms with E-state index in [4.69, 9.17) is 33.9 Å². The van der Waals surface area contributed by atoms with E-state index in [0.29, 0.717) is 24.4 Å². The standard InChI is InChI=1S/C16H32N4O5S/c1-10(22)14(17)8-20(3)19(2)7-11(5-15(18)23)4-13(26)6-12(9-21)16(24)25/h10-12,14,21-22H,4-9,17H2,1-3H3,(H2,18,23)(H,24,25)/t10?,11-,12-,14+/m1/s1. The number of nitrogens with zero attached hydrogens (tertiary/aromatic N) is 2. The fourth-order valence-corrected chi connectivity index (χ4v) is 2.94. The first-order valence-electron chi connectivity index (χ1n) is 8.47. The Balaban J connectivity index is 4.80. The molecule has 0 rings (SSSR count). The second-order valence-corrected chi connectivity index (χ2v) is 7.36. The fraction of sp³-hybridized carbons (Fsp3) is 0.812. The van der Waals surface area contributed by atoms with Crippen molar-refractivity contribution in [3.63, 3.8) is 0 Å². The van der Waals surface area contributed by atoms with Crippen LogP contribution in [0.3, 0.4) is 0 Å². The molecule has 0 aliphatic heterocycles. The van der Waals surface area contributed by atoms with Crippen molar-refractivity contribution >= 4 is 29.0 Å². The number of hydrogen-bond acceptors (Lipinski definition) is 8. The van der Waals surface area contributed by atoms with Gasteiger partial charge in [0.1, 0.15) is 0 Å². The number of aliphatic hydroxyl groups excluding tert-OH is 2. The number of carbonyl (C=O) groups excluding carboxylic acids is 1. The summed E-state index contributed by atoms with van der Waals surface area (Å²) in [6.07, 6.45) is -0.116. The summed E-state index contributed by atoms with van der Waals surface area (Å²) in [6, 6.07) is -0.418. The van der Waals surface area contributed by atoms with Gasteiger partial charge in [-0.25, -0.2) is 10.0 Å². The average Bonchev–Trinajstić information content (AvgIpc) is 2.50. The van der Waals surface area contributed by atoms with Gasteiger partial charge in [-0.05, 0) is 30.5 Å². The molecule has 0 saturated carbocycles. The second-order valence-electron chi connectivity index (χ2n) is 6.79. The summed E-state index contributed by atoms with van der Waals surface area (Å²) in [6.45, 7) is 2.01. The number of hydrogen-bond donors (Lipinski definition) is 5. The van der Waals surface area contributed by atoms with Crippen LogP contribution in [0.5, 0.6) is 0 Å². The number of primary amides is 1. The molecule has 0 radical (unpaired) electrons. The number of carboxylic acid groups (broad SMARTS) is 1. The van der Waals surface area contributed by atoms with Gasteiger partial charge in [-0.15, -0.1) is 0 Å². The summed E-state index contributed by atoms with van der Waals surface area (Å²) < 4.78 is 0. The van der Waals surface area contributed by atoms with Crippen molar-refractivity contribution < 1.29 is 24.9 Å². The number of carbonyl (C=O) groups is 2. The summed E-state index contributed by atoms with van der Waals surface area (Å²) in [4.78, 5) is 22.9. The maximum absolute atomic E-state index is 11.4. The maximum atomic E-state index is 11.4. The van der Waals surface area contributed by atoms with Crippen molar-refractivity contribution in [2.75, 3.05) is 33.8 Å². The van der Waals surface area contributed by atoms with E-state index in [1.54, 1.807) is 6.92 Å². The summed E-state index contributed by atoms with van der Waals surface area (Å²) >= 11 is 5.26. The Bertz CT molecular complexity index is 478. The minimum atomic E-state index is -1.11. The van der Waals surface area contributed by atoms with Gasteiger partial charge in [-0.3, -0.25) is 9.59 Å². The van der Waals surface area contributed by atoms with Gasteiger partial charge < -0.3 is 26.8 Å². The summed E-state index contributed by atoms with van der Waals surface area (Å²) in [5, 5.41) is 31.3. The Morgan fingerprint density at radius 2 is 1.65 bits per heavy atom. The van der Waals surface area contributed by atoms with E-state index >= 15 is 0 Å². The van der Waals surface area contributed by atoms with E-state index in [1.807, 2.05) is 24.1 Å². The molecule has 1 amide bonds. The number of aliphatic hydroxyl groups is 2. The Labute approximate surface area is 159 Å². The van der Waals surface area contributed by atoms with Gasteiger partial charge in [0, 0.05) is 39.6 Å². The van der Waals surface area contributed by atoms with E-state index < -0.39 is 36.5 Å². The second kappa shape index (κ2) is 12.3. The van der Waals surface area contributed by atoms with Crippen LogP contribution in [0.25, 0.3) is 0 Å². The largest absolute Gasteiger partial charge is 0.481 e. The van der Waals surface area contributed by atoms with Gasteiger partial charge in [0.2, 0.25) is 5.91 Å². The van der Waals surface area contributed by atoms with E-state index in [0.717, 1.165) is 0 Å². The van der Waals surface area contributed by atoms with Crippen molar-refractivity contribution in [2.45, 2.75) is 38.3 Å². The van der Waals surface area contributed by atoms with E-state index in [1.165, 1.54) is 0 Å². The third kappa shape index (κ3) is 10.1. The molecule has 0 aromatic carbocycles. The van der Waals surface area contributed by atoms with Crippen molar-refractivity contribution in [2.24, 2.45) is 23.3 Å². The number of aliphatic carboxylic acids is 1. The Morgan fingerprint density at radius 1 is 1.12 bits per heavy atom. The van der Waals surface area contributed by atoms with Gasteiger partial charge in [-0.1, -0.05) is 12.2 Å². The highest BCUT2D eigenvalue weighted by molar-refractivity contribution is 7.80. The first kappa shape index (κ1) is 24.8. The van der Waals surface area contributed by atoms with Crippen molar-refractivity contribution in [3.05, 3.63) is 0 Å². The summed E-state index contributed by atoms with van der Waals surface area (Å²) in [7, 11) is 3.63. The lowest BCUT2D eigenvalue weighted by Gasteiger charge is -2.33. The normalized spacial score (nSPS) is 16.3. The zero-order valence-electron chi connectivity index (χ0n) is 15.7. The predicted octanol–water partition coefficient (Wildman–Crippen LogP) is -1.19. The van der Waals surface area contributed by atoms with Crippen LogP contribution in [0.2, 0.25) is 0 Å². The molecule has 4 atom stereocenters. The van der Waals surface area contributed by atoms with Crippen molar-refractivity contribution in [3.8, 4) is 0 Å². The number of amides is 1. The molecule has 0 aromatic heterocycles. The number of nitrogens with two attached hydrogens (primary N) is 2. The molecule has 1 unspecified atom stereocenters. The topological polar surface area (TPSA) is 153 Å². The molecule has 0 bridgehead atoms. The first-order chi connectivity index (χ1) is 12.0. The smallest absolute Gasteiger partial charge is 0.309 e. The number of hydrazine groups is 1. The van der Waals surface area contributed by atoms with Gasteiger partial charge in [0.05, 0.1) is 18.6 Å². The third-order valence-corrected chi connectivity index (χ3v) is 4.58. The lowest BCUT2D eigenvalue weighted by molar-refractivity contribution is -0.142. The molecule has 152 valence electrons. The minimum absolute atomic E-state index is 0.0723. The average molecular weight is 393 g/mol. The van der Waals surface area contributed by atoms with Crippen molar-refractivity contribution in [1.29, 1.82) is 0 Å². The predicted molar refractivity (Wildman–Crippen MR) is 102 cm³/mol. The molecule has 26 heavy (non-hydrogen) atoms. The highest BCUT2D eigenvalue weighted by Crippen LogP contribution is 2.17. The van der Waals surface area contributed by atoms with E-state index in [2.05, 4.69) is 0 Å². The molecular formula is C16H32N4O5S. The van der Waals surface area contributed by atoms with Crippen LogP contribution in [0.15, 0.2) is 0 Å². The molecule has 0 spiro atoms. The molecule has 0 aliphatic carbocycles. The van der Waals surface area contributed by atoms with Crippen LogP contribution < -0.4 is 11.5 Å². The van der Waals surface area contributed by atoms with Crippen LogP contribution in [0, 0.1) is 11.8 Å². The molecule has 0 saturated heterocycles. The molecule has 0 fully saturated rings. The third-order valence-electron chi connectivity index (χ3n) is 4.25. The van der Waals surface area contributed by atoms with Crippen LogP contribution in [0.1, 0.15) is 26.2 Å². The van der Waals surface area contributed by atoms with E-state index in [9.17, 15) is 14.7 Å². The summed E-state index contributed by atoms with van der Waals surface area (Å²) in [5.74, 6) is -2.71. The Hall–Kier alpha value is -1.17. The first-order valence-corrected chi connectivity index (χ1v) is 8.88. The van der Waals surface area contributed by atoms with Crippen LogP contribution >= 0.6 is 12.2 Å². The number of carboxylic acids is 1. The number of thiocarbonyl (C=S) groups is 1. The molecule has 0 heterocycles. The lowest BCUT2D eigenvalue weighted by atomic mass is 9.94. The zero-order valence-corrected chi connectivity index (χ0v) is 16.5. The number of likely N-dealkylation sites (N-methyl/N-ethyl adjacent to an activating group) is 1. The molecule has 10 heteroatoms.